The molecule has 0 fully saturated rings. The number of benzene rings is 1. The molecule has 1 aliphatic rings. The number of nitrogens with zero attached hydrogens (tertiary/aromatic N) is 1. The Morgan fingerprint density at radius 1 is 1.47 bits per heavy atom. The van der Waals surface area contributed by atoms with Crippen LogP contribution < -0.4 is 10.5 Å². The van der Waals surface area contributed by atoms with Crippen LogP contribution in [0.2, 0.25) is 0 Å². The molecule has 0 amide bonds. The number of hydrogen-bond donors (Lipinski definition) is 1. The molecule has 2 heterocycles. The maximum Gasteiger partial charge on any atom is 0.229 e. The standard InChI is InChI=1S/C12H11BrN2O2/c1-6-2-8-3-7(4-10(13)11(8)16-6)9-5-15-17-12(9)14/h3-6H,2,14H2,1H3. The van der Waals surface area contributed by atoms with Gasteiger partial charge in [-0.15, -0.1) is 0 Å². The number of rotatable bonds is 1. The van der Waals surface area contributed by atoms with Gasteiger partial charge in [0, 0.05) is 6.42 Å². The quantitative estimate of drug-likeness (QED) is 0.878. The van der Waals surface area contributed by atoms with Gasteiger partial charge in [-0.2, -0.15) is 0 Å². The average molecular weight is 295 g/mol. The first-order chi connectivity index (χ1) is 8.15. The lowest BCUT2D eigenvalue weighted by molar-refractivity contribution is 0.253. The summed E-state index contributed by atoms with van der Waals surface area (Å²) in [5, 5.41) is 3.69. The van der Waals surface area contributed by atoms with Gasteiger partial charge in [0.2, 0.25) is 5.88 Å². The van der Waals surface area contributed by atoms with E-state index >= 15 is 0 Å². The number of hydrogen-bond acceptors (Lipinski definition) is 4. The summed E-state index contributed by atoms with van der Waals surface area (Å²) >= 11 is 3.52. The molecular formula is C12H11BrN2O2. The molecule has 1 aromatic carbocycles. The molecule has 0 bridgehead atoms. The third-order valence-corrected chi connectivity index (χ3v) is 3.45. The fraction of sp³-hybridized carbons (Fsp3) is 0.250. The second-order valence-corrected chi connectivity index (χ2v) is 5.04. The molecule has 1 unspecified atom stereocenters. The first kappa shape index (κ1) is 10.7. The van der Waals surface area contributed by atoms with Gasteiger partial charge in [0.25, 0.3) is 0 Å². The molecule has 2 N–H and O–H groups in total. The normalized spacial score (nSPS) is 17.9. The Kier molecular flexibility index (Phi) is 2.36. The molecule has 0 saturated carbocycles. The molecule has 2 aromatic rings. The Morgan fingerprint density at radius 3 is 3.00 bits per heavy atom. The lowest BCUT2D eigenvalue weighted by atomic mass is 10.0. The van der Waals surface area contributed by atoms with E-state index in [2.05, 4.69) is 34.1 Å². The summed E-state index contributed by atoms with van der Waals surface area (Å²) in [6.45, 7) is 2.06. The van der Waals surface area contributed by atoms with Crippen molar-refractivity contribution in [1.29, 1.82) is 0 Å². The number of aromatic nitrogens is 1. The topological polar surface area (TPSA) is 61.3 Å². The van der Waals surface area contributed by atoms with Gasteiger partial charge in [-0.05, 0) is 46.1 Å². The summed E-state index contributed by atoms with van der Waals surface area (Å²) in [6, 6.07) is 4.05. The highest BCUT2D eigenvalue weighted by Gasteiger charge is 2.23. The Bertz CT molecular complexity index is 580. The van der Waals surface area contributed by atoms with E-state index in [9.17, 15) is 0 Å². The largest absolute Gasteiger partial charge is 0.489 e. The fourth-order valence-electron chi connectivity index (χ4n) is 2.11. The molecule has 17 heavy (non-hydrogen) atoms. The average Bonchev–Trinajstić information content (AvgIpc) is 2.83. The molecule has 88 valence electrons. The van der Waals surface area contributed by atoms with E-state index in [4.69, 9.17) is 15.0 Å². The van der Waals surface area contributed by atoms with Crippen LogP contribution in [0.1, 0.15) is 12.5 Å². The van der Waals surface area contributed by atoms with Crippen molar-refractivity contribution in [2.45, 2.75) is 19.4 Å². The minimum absolute atomic E-state index is 0.219. The number of anilines is 1. The zero-order valence-electron chi connectivity index (χ0n) is 9.24. The number of halogens is 1. The highest BCUT2D eigenvalue weighted by molar-refractivity contribution is 9.10. The first-order valence-electron chi connectivity index (χ1n) is 5.34. The lowest BCUT2D eigenvalue weighted by Gasteiger charge is -2.06. The lowest BCUT2D eigenvalue weighted by Crippen LogP contribution is -2.05. The molecule has 4 nitrogen and oxygen atoms in total. The van der Waals surface area contributed by atoms with Crippen LogP contribution in [0.3, 0.4) is 0 Å². The Morgan fingerprint density at radius 2 is 2.29 bits per heavy atom. The van der Waals surface area contributed by atoms with Crippen LogP contribution in [-0.2, 0) is 6.42 Å². The van der Waals surface area contributed by atoms with Gasteiger partial charge in [0.05, 0.1) is 16.2 Å². The molecule has 0 radical (unpaired) electrons. The van der Waals surface area contributed by atoms with Crippen LogP contribution in [-0.4, -0.2) is 11.3 Å². The van der Waals surface area contributed by atoms with Crippen molar-refractivity contribution < 1.29 is 9.26 Å². The molecule has 0 saturated heterocycles. The van der Waals surface area contributed by atoms with Gasteiger partial charge in [-0.3, -0.25) is 0 Å². The molecule has 1 atom stereocenters. The van der Waals surface area contributed by atoms with Crippen molar-refractivity contribution in [3.63, 3.8) is 0 Å². The van der Waals surface area contributed by atoms with Crippen LogP contribution in [0, 0.1) is 0 Å². The number of ether oxygens (including phenoxy) is 1. The van der Waals surface area contributed by atoms with Gasteiger partial charge in [-0.1, -0.05) is 5.16 Å². The summed E-state index contributed by atoms with van der Waals surface area (Å²) in [7, 11) is 0. The van der Waals surface area contributed by atoms with Gasteiger partial charge >= 0.3 is 0 Å². The second-order valence-electron chi connectivity index (χ2n) is 4.18. The maximum absolute atomic E-state index is 5.72. The van der Waals surface area contributed by atoms with Gasteiger partial charge in [-0.25, -0.2) is 0 Å². The van der Waals surface area contributed by atoms with E-state index in [0.717, 1.165) is 27.8 Å². The predicted octanol–water partition coefficient (Wildman–Crippen LogP) is 3.01. The first-order valence-corrected chi connectivity index (χ1v) is 6.14. The number of fused-ring (bicyclic) bond motifs is 1. The Hall–Kier alpha value is -1.49. The van der Waals surface area contributed by atoms with E-state index < -0.39 is 0 Å². The van der Waals surface area contributed by atoms with E-state index in [0.29, 0.717) is 5.88 Å². The van der Waals surface area contributed by atoms with Crippen molar-refractivity contribution in [2.24, 2.45) is 0 Å². The van der Waals surface area contributed by atoms with Crippen molar-refractivity contribution in [3.8, 4) is 16.9 Å². The van der Waals surface area contributed by atoms with Crippen LogP contribution in [0.25, 0.3) is 11.1 Å². The second kappa shape index (κ2) is 3.77. The van der Waals surface area contributed by atoms with E-state index in [1.54, 1.807) is 6.20 Å². The van der Waals surface area contributed by atoms with E-state index in [1.165, 1.54) is 5.56 Å². The summed E-state index contributed by atoms with van der Waals surface area (Å²) < 4.78 is 11.5. The van der Waals surface area contributed by atoms with Crippen molar-refractivity contribution in [1.82, 2.24) is 5.16 Å². The summed E-state index contributed by atoms with van der Waals surface area (Å²) in [6.07, 6.45) is 2.76. The van der Waals surface area contributed by atoms with Crippen LogP contribution in [0.5, 0.6) is 5.75 Å². The highest BCUT2D eigenvalue weighted by Crippen LogP contribution is 2.40. The molecule has 0 aliphatic carbocycles. The SMILES string of the molecule is CC1Cc2cc(-c3cnoc3N)cc(Br)c2O1. The molecule has 0 spiro atoms. The third kappa shape index (κ3) is 1.70. The van der Waals surface area contributed by atoms with Gasteiger partial charge < -0.3 is 15.0 Å². The van der Waals surface area contributed by atoms with Gasteiger partial charge in [0.1, 0.15) is 11.9 Å². The summed E-state index contributed by atoms with van der Waals surface area (Å²) in [4.78, 5) is 0. The van der Waals surface area contributed by atoms with Crippen molar-refractivity contribution in [3.05, 3.63) is 28.4 Å². The van der Waals surface area contributed by atoms with Gasteiger partial charge in [0.15, 0.2) is 0 Å². The number of nitrogen functional groups attached to an aromatic ring is 1. The van der Waals surface area contributed by atoms with Crippen LogP contribution >= 0.6 is 15.9 Å². The minimum Gasteiger partial charge on any atom is -0.489 e. The molecule has 1 aliphatic heterocycles. The zero-order chi connectivity index (χ0) is 12.0. The molecular weight excluding hydrogens is 284 g/mol. The van der Waals surface area contributed by atoms with Crippen molar-refractivity contribution >= 4 is 21.8 Å². The van der Waals surface area contributed by atoms with E-state index in [1.807, 2.05) is 6.07 Å². The molecule has 5 heteroatoms. The summed E-state index contributed by atoms with van der Waals surface area (Å²) in [5.41, 5.74) is 8.71. The van der Waals surface area contributed by atoms with Crippen LogP contribution in [0.4, 0.5) is 5.88 Å². The maximum atomic E-state index is 5.72. The van der Waals surface area contributed by atoms with E-state index in [-0.39, 0.29) is 6.10 Å². The highest BCUT2D eigenvalue weighted by atomic mass is 79.9. The Balaban J connectivity index is 2.13. The monoisotopic (exact) mass is 294 g/mol. The zero-order valence-corrected chi connectivity index (χ0v) is 10.8. The molecule has 3 rings (SSSR count). The predicted molar refractivity (Wildman–Crippen MR) is 67.8 cm³/mol. The van der Waals surface area contributed by atoms with Crippen molar-refractivity contribution in [2.75, 3.05) is 5.73 Å². The smallest absolute Gasteiger partial charge is 0.229 e. The number of nitrogens with two attached hydrogens (primary N) is 1. The molecule has 1 aromatic heterocycles. The fourth-order valence-corrected chi connectivity index (χ4v) is 2.70. The van der Waals surface area contributed by atoms with Crippen LogP contribution in [0.15, 0.2) is 27.3 Å². The third-order valence-electron chi connectivity index (χ3n) is 2.86. The summed E-state index contributed by atoms with van der Waals surface area (Å²) in [5.74, 6) is 1.26. The Labute approximate surface area is 107 Å². The minimum atomic E-state index is 0.219.